The number of nitrogens with one attached hydrogen (secondary N) is 1. The van der Waals surface area contributed by atoms with Gasteiger partial charge in [-0.15, -0.1) is 4.91 Å². The Morgan fingerprint density at radius 1 is 1.23 bits per heavy atom. The number of ether oxygens (including phenoxy) is 1. The number of nitrogens with zero attached hydrogens (tertiary/aromatic N) is 1. The highest BCUT2D eigenvalue weighted by atomic mass is 35.5. The van der Waals surface area contributed by atoms with Crippen LogP contribution in [0.1, 0.15) is 67.2 Å². The summed E-state index contributed by atoms with van der Waals surface area (Å²) in [6.45, 7) is 8.56. The lowest BCUT2D eigenvalue weighted by molar-refractivity contribution is 0.0501. The van der Waals surface area contributed by atoms with Gasteiger partial charge in [0.1, 0.15) is 17.1 Å². The maximum atomic E-state index is 15.4. The Morgan fingerprint density at radius 3 is 2.43 bits per heavy atom. The molecule has 2 rings (SSSR count). The molecule has 0 bridgehead atoms. The lowest BCUT2D eigenvalue weighted by Gasteiger charge is -2.24. The summed E-state index contributed by atoms with van der Waals surface area (Å²) < 4.78 is 20.6. The van der Waals surface area contributed by atoms with Crippen molar-refractivity contribution in [1.29, 1.82) is 0 Å². The molecule has 1 amide bonds. The van der Waals surface area contributed by atoms with Crippen LogP contribution in [0, 0.1) is 17.6 Å². The van der Waals surface area contributed by atoms with Gasteiger partial charge in [0, 0.05) is 11.1 Å². The van der Waals surface area contributed by atoms with E-state index < -0.39 is 29.3 Å². The van der Waals surface area contributed by atoms with Crippen molar-refractivity contribution in [3.05, 3.63) is 68.3 Å². The van der Waals surface area contributed by atoms with E-state index in [1.54, 1.807) is 34.6 Å². The smallest absolute Gasteiger partial charge is 0.408 e. The summed E-state index contributed by atoms with van der Waals surface area (Å²) in [6.07, 6.45) is -0.325. The lowest BCUT2D eigenvalue weighted by atomic mass is 9.95. The maximum Gasteiger partial charge on any atom is 0.408 e. The topological polar surface area (TPSA) is 84.8 Å². The van der Waals surface area contributed by atoms with Gasteiger partial charge in [0.05, 0.1) is 16.6 Å². The van der Waals surface area contributed by atoms with E-state index in [0.717, 1.165) is 0 Å². The molecule has 0 aliphatic rings. The highest BCUT2D eigenvalue weighted by Crippen LogP contribution is 2.31. The summed E-state index contributed by atoms with van der Waals surface area (Å²) in [4.78, 5) is 35.9. The molecule has 8 heteroatoms. The Balaban J connectivity index is 2.42. The van der Waals surface area contributed by atoms with Crippen molar-refractivity contribution < 1.29 is 18.7 Å². The van der Waals surface area contributed by atoms with Crippen LogP contribution in [0.2, 0.25) is 5.02 Å². The van der Waals surface area contributed by atoms with Gasteiger partial charge in [-0.1, -0.05) is 24.6 Å². The molecule has 0 saturated carbocycles. The molecule has 6 nitrogen and oxygen atoms in total. The Morgan fingerprint density at radius 2 is 1.90 bits per heavy atom. The van der Waals surface area contributed by atoms with Gasteiger partial charge in [-0.05, 0) is 69.1 Å². The van der Waals surface area contributed by atoms with Crippen LogP contribution in [0.25, 0.3) is 0 Å². The molecule has 1 atom stereocenters. The van der Waals surface area contributed by atoms with Crippen molar-refractivity contribution in [2.45, 2.75) is 52.7 Å². The zero-order valence-corrected chi connectivity index (χ0v) is 18.3. The molecule has 1 unspecified atom stereocenters. The third kappa shape index (κ3) is 5.42. The number of aryl methyl sites for hydroxylation is 1. The second-order valence-electron chi connectivity index (χ2n) is 7.85. The largest absolute Gasteiger partial charge is 0.444 e. The number of nitroso groups, excluding NO2 is 1. The van der Waals surface area contributed by atoms with Crippen LogP contribution in [-0.4, -0.2) is 17.5 Å². The number of halogens is 2. The van der Waals surface area contributed by atoms with Gasteiger partial charge in [0.25, 0.3) is 0 Å². The van der Waals surface area contributed by atoms with Crippen molar-refractivity contribution >= 4 is 29.2 Å². The van der Waals surface area contributed by atoms with Crippen LogP contribution < -0.4 is 5.32 Å². The second kappa shape index (κ2) is 9.34. The number of carbonyl (C=O) groups excluding carboxylic acids is 2. The molecule has 0 saturated heterocycles. The highest BCUT2D eigenvalue weighted by molar-refractivity contribution is 6.35. The molecule has 2 aromatic rings. The van der Waals surface area contributed by atoms with Gasteiger partial charge in [-0.3, -0.25) is 4.79 Å². The molecule has 0 aromatic heterocycles. The molecule has 1 N–H and O–H groups in total. The quantitative estimate of drug-likeness (QED) is 0.421. The van der Waals surface area contributed by atoms with Crippen LogP contribution in [0.15, 0.2) is 35.5 Å². The Bertz CT molecular complexity index is 986. The van der Waals surface area contributed by atoms with E-state index in [4.69, 9.17) is 16.3 Å². The van der Waals surface area contributed by atoms with Crippen molar-refractivity contribution in [2.24, 2.45) is 5.18 Å². The molecule has 0 aliphatic heterocycles. The van der Waals surface area contributed by atoms with E-state index in [1.165, 1.54) is 30.3 Å². The Kier molecular flexibility index (Phi) is 7.31. The van der Waals surface area contributed by atoms with Crippen LogP contribution >= 0.6 is 11.6 Å². The third-order valence-corrected chi connectivity index (χ3v) is 4.69. The van der Waals surface area contributed by atoms with E-state index in [2.05, 4.69) is 10.5 Å². The molecule has 0 heterocycles. The van der Waals surface area contributed by atoms with Gasteiger partial charge in [-0.2, -0.15) is 0 Å². The number of hydrogen-bond donors (Lipinski definition) is 1. The average Bonchev–Trinajstić information content (AvgIpc) is 2.65. The van der Waals surface area contributed by atoms with E-state index in [1.807, 2.05) is 0 Å². The number of carbonyl (C=O) groups is 2. The summed E-state index contributed by atoms with van der Waals surface area (Å²) in [6, 6.07) is 6.38. The number of alkyl carbamates (subject to hydrolysis) is 1. The number of hydrogen-bond acceptors (Lipinski definition) is 5. The zero-order chi connectivity index (χ0) is 22.6. The van der Waals surface area contributed by atoms with E-state index >= 15 is 4.39 Å². The molecule has 30 heavy (non-hydrogen) atoms. The predicted octanol–water partition coefficient (Wildman–Crippen LogP) is 6.39. The molecule has 0 spiro atoms. The van der Waals surface area contributed by atoms with Crippen LogP contribution in [0.5, 0.6) is 0 Å². The van der Waals surface area contributed by atoms with Crippen molar-refractivity contribution in [1.82, 2.24) is 5.32 Å². The maximum absolute atomic E-state index is 15.4. The highest BCUT2D eigenvalue weighted by Gasteiger charge is 2.26. The van der Waals surface area contributed by atoms with Crippen LogP contribution in [-0.2, 0) is 4.74 Å². The fourth-order valence-electron chi connectivity index (χ4n) is 2.94. The van der Waals surface area contributed by atoms with Gasteiger partial charge in [-0.25, -0.2) is 9.18 Å². The fraction of sp³-hybridized carbons (Fsp3) is 0.364. The predicted molar refractivity (Wildman–Crippen MR) is 114 cm³/mol. The average molecular weight is 435 g/mol. The molecular formula is C22H24ClFN2O4. The van der Waals surface area contributed by atoms with Gasteiger partial charge < -0.3 is 10.1 Å². The van der Waals surface area contributed by atoms with E-state index in [0.29, 0.717) is 12.0 Å². The molecule has 0 aliphatic carbocycles. The minimum absolute atomic E-state index is 0.0522. The first-order valence-corrected chi connectivity index (χ1v) is 9.82. The summed E-state index contributed by atoms with van der Waals surface area (Å²) in [7, 11) is 0. The standard InChI is InChI=1S/C22H24ClFN2O4/c1-6-16(25-21(28)30-22(3,4)5)14-8-9-15(23)18(19(14)24)20(27)13-7-10-17(26-29)12(2)11-13/h7-11,16H,6H2,1-5H3,(H,25,28). The number of benzene rings is 2. The van der Waals surface area contributed by atoms with Gasteiger partial charge in [0.15, 0.2) is 5.78 Å². The lowest BCUT2D eigenvalue weighted by Crippen LogP contribution is -2.35. The molecule has 0 fully saturated rings. The normalized spacial score (nSPS) is 12.2. The van der Waals surface area contributed by atoms with E-state index in [9.17, 15) is 14.5 Å². The first-order valence-electron chi connectivity index (χ1n) is 9.44. The SMILES string of the molecule is CCC(NC(=O)OC(C)(C)C)c1ccc(Cl)c(C(=O)c2ccc(N=O)c(C)c2)c1F. The number of ketones is 1. The molecule has 0 radical (unpaired) electrons. The Labute approximate surface area is 179 Å². The third-order valence-electron chi connectivity index (χ3n) is 4.38. The summed E-state index contributed by atoms with van der Waals surface area (Å²) in [5, 5.41) is 5.44. The van der Waals surface area contributed by atoms with Gasteiger partial charge in [0.2, 0.25) is 0 Å². The fourth-order valence-corrected chi connectivity index (χ4v) is 3.17. The summed E-state index contributed by atoms with van der Waals surface area (Å²) >= 11 is 6.14. The minimum Gasteiger partial charge on any atom is -0.444 e. The monoisotopic (exact) mass is 434 g/mol. The first kappa shape index (κ1) is 23.5. The number of amides is 1. The summed E-state index contributed by atoms with van der Waals surface area (Å²) in [5.74, 6) is -1.45. The minimum atomic E-state index is -0.814. The van der Waals surface area contributed by atoms with Crippen molar-refractivity contribution in [3.63, 3.8) is 0 Å². The molecule has 2 aromatic carbocycles. The van der Waals surface area contributed by atoms with Crippen molar-refractivity contribution in [2.75, 3.05) is 0 Å². The molecule has 160 valence electrons. The van der Waals surface area contributed by atoms with Gasteiger partial charge >= 0.3 is 6.09 Å². The summed E-state index contributed by atoms with van der Waals surface area (Å²) in [5.41, 5.74) is -0.0292. The second-order valence-corrected chi connectivity index (χ2v) is 8.26. The Hall–Kier alpha value is -2.80. The van der Waals surface area contributed by atoms with Crippen molar-refractivity contribution in [3.8, 4) is 0 Å². The van der Waals surface area contributed by atoms with E-state index in [-0.39, 0.29) is 27.4 Å². The molecular weight excluding hydrogens is 411 g/mol. The van der Waals surface area contributed by atoms with Crippen LogP contribution in [0.4, 0.5) is 14.9 Å². The van der Waals surface area contributed by atoms with Crippen LogP contribution in [0.3, 0.4) is 0 Å². The first-order chi connectivity index (χ1) is 14.0. The number of rotatable bonds is 6. The zero-order valence-electron chi connectivity index (χ0n) is 17.5.